The Labute approximate surface area is 171 Å². The molecule has 11 heteroatoms. The fraction of sp³-hybridized carbons (Fsp3) is 0.444. The van der Waals surface area contributed by atoms with Gasteiger partial charge in [-0.25, -0.2) is 9.07 Å². The van der Waals surface area contributed by atoms with Crippen LogP contribution in [-0.2, 0) is 6.18 Å². The number of amides is 1. The number of piperazine rings is 1. The summed E-state index contributed by atoms with van der Waals surface area (Å²) in [5, 5.41) is 9.35. The molecule has 0 bridgehead atoms. The van der Waals surface area contributed by atoms with Crippen LogP contribution in [0, 0.1) is 5.82 Å². The number of nitrogens with one attached hydrogen (secondary N) is 2. The molecule has 1 saturated heterocycles. The Kier molecular flexibility index (Phi) is 8.00. The average Bonchev–Trinajstić information content (AvgIpc) is 3.12. The van der Waals surface area contributed by atoms with Crippen LogP contribution in [0.1, 0.15) is 22.5 Å². The SMILES string of the molecule is Cl.O=C(NCCCN1CCNCC1)c1cnn(-c2ccccc2F)c1C(F)(F)F. The zero-order chi connectivity index (χ0) is 20.1. The number of nitrogens with zero attached hydrogens (tertiary/aromatic N) is 3. The molecule has 0 saturated carbocycles. The first-order valence-corrected chi connectivity index (χ1v) is 8.99. The molecule has 2 N–H and O–H groups in total. The van der Waals surface area contributed by atoms with E-state index >= 15 is 0 Å². The van der Waals surface area contributed by atoms with Gasteiger partial charge in [-0.1, -0.05) is 12.1 Å². The lowest BCUT2D eigenvalue weighted by Crippen LogP contribution is -2.44. The molecule has 0 radical (unpaired) electrons. The highest BCUT2D eigenvalue weighted by molar-refractivity contribution is 5.95. The van der Waals surface area contributed by atoms with E-state index < -0.39 is 29.2 Å². The lowest BCUT2D eigenvalue weighted by Gasteiger charge is -2.27. The predicted octanol–water partition coefficient (Wildman–Crippen LogP) is 2.48. The molecular weight excluding hydrogens is 414 g/mol. The van der Waals surface area contributed by atoms with E-state index in [0.29, 0.717) is 11.1 Å². The normalized spacial score (nSPS) is 15.0. The number of alkyl halides is 3. The van der Waals surface area contributed by atoms with Crippen LogP contribution in [0.25, 0.3) is 5.69 Å². The van der Waals surface area contributed by atoms with Crippen LogP contribution < -0.4 is 10.6 Å². The Balaban J connectivity index is 0.00000300. The van der Waals surface area contributed by atoms with E-state index in [4.69, 9.17) is 0 Å². The van der Waals surface area contributed by atoms with Crippen LogP contribution in [0.2, 0.25) is 0 Å². The molecule has 1 aliphatic heterocycles. The van der Waals surface area contributed by atoms with Crippen LogP contribution >= 0.6 is 12.4 Å². The number of para-hydroxylation sites is 1. The number of hydrogen-bond acceptors (Lipinski definition) is 4. The van der Waals surface area contributed by atoms with Crippen molar-refractivity contribution >= 4 is 18.3 Å². The van der Waals surface area contributed by atoms with Crippen molar-refractivity contribution in [2.75, 3.05) is 39.3 Å². The molecule has 2 heterocycles. The lowest BCUT2D eigenvalue weighted by molar-refractivity contribution is -0.143. The lowest BCUT2D eigenvalue weighted by atomic mass is 10.2. The average molecular weight is 436 g/mol. The fourth-order valence-corrected chi connectivity index (χ4v) is 3.13. The smallest absolute Gasteiger partial charge is 0.352 e. The number of carbonyl (C=O) groups is 1. The van der Waals surface area contributed by atoms with Crippen molar-refractivity contribution in [1.82, 2.24) is 25.3 Å². The van der Waals surface area contributed by atoms with Gasteiger partial charge in [0.1, 0.15) is 11.5 Å². The topological polar surface area (TPSA) is 62.2 Å². The van der Waals surface area contributed by atoms with Crippen LogP contribution in [0.4, 0.5) is 17.6 Å². The molecule has 0 atom stereocenters. The standard InChI is InChI=1S/C18H21F4N5O.ClH/c19-14-4-1-2-5-15(14)27-16(18(20,21)22)13(12-25-27)17(28)24-6-3-9-26-10-7-23-8-11-26;/h1-2,4-5,12,23H,3,6-11H2,(H,24,28);1H. The van der Waals surface area contributed by atoms with Crippen molar-refractivity contribution in [3.63, 3.8) is 0 Å². The van der Waals surface area contributed by atoms with Crippen molar-refractivity contribution in [2.45, 2.75) is 12.6 Å². The highest BCUT2D eigenvalue weighted by Gasteiger charge is 2.40. The summed E-state index contributed by atoms with van der Waals surface area (Å²) in [5.74, 6) is -1.74. The number of hydrogen-bond donors (Lipinski definition) is 2. The van der Waals surface area contributed by atoms with E-state index in [1.54, 1.807) is 0 Å². The predicted molar refractivity (Wildman–Crippen MR) is 102 cm³/mol. The van der Waals surface area contributed by atoms with Gasteiger partial charge in [0.05, 0.1) is 11.8 Å². The highest BCUT2D eigenvalue weighted by atomic mass is 35.5. The Morgan fingerprint density at radius 1 is 1.21 bits per heavy atom. The summed E-state index contributed by atoms with van der Waals surface area (Å²) in [7, 11) is 0. The van der Waals surface area contributed by atoms with Gasteiger partial charge in [-0.15, -0.1) is 12.4 Å². The summed E-state index contributed by atoms with van der Waals surface area (Å²) >= 11 is 0. The molecular formula is C18H22ClF4N5O. The molecule has 3 rings (SSSR count). The number of carbonyl (C=O) groups excluding carboxylic acids is 1. The maximum absolute atomic E-state index is 13.9. The zero-order valence-corrected chi connectivity index (χ0v) is 16.3. The van der Waals surface area contributed by atoms with Gasteiger partial charge < -0.3 is 15.5 Å². The van der Waals surface area contributed by atoms with Gasteiger partial charge in [0.2, 0.25) is 0 Å². The molecule has 1 aromatic carbocycles. The van der Waals surface area contributed by atoms with E-state index in [1.165, 1.54) is 18.2 Å². The molecule has 2 aromatic rings. The first-order valence-electron chi connectivity index (χ1n) is 8.99. The second-order valence-electron chi connectivity index (χ2n) is 6.47. The molecule has 1 fully saturated rings. The van der Waals surface area contributed by atoms with Crippen molar-refractivity contribution in [3.05, 3.63) is 47.5 Å². The molecule has 0 unspecified atom stereocenters. The molecule has 6 nitrogen and oxygen atoms in total. The molecule has 160 valence electrons. The summed E-state index contributed by atoms with van der Waals surface area (Å²) in [6, 6.07) is 4.97. The largest absolute Gasteiger partial charge is 0.434 e. The van der Waals surface area contributed by atoms with E-state index in [-0.39, 0.29) is 24.6 Å². The number of benzene rings is 1. The molecule has 1 amide bonds. The first kappa shape index (κ1) is 23.1. The van der Waals surface area contributed by atoms with E-state index in [1.807, 2.05) is 0 Å². The van der Waals surface area contributed by atoms with Gasteiger partial charge in [-0.3, -0.25) is 4.79 Å². The summed E-state index contributed by atoms with van der Waals surface area (Å²) < 4.78 is 55.1. The minimum Gasteiger partial charge on any atom is -0.352 e. The minimum absolute atomic E-state index is 0. The monoisotopic (exact) mass is 435 g/mol. The Bertz CT molecular complexity index is 821. The maximum Gasteiger partial charge on any atom is 0.434 e. The summed E-state index contributed by atoms with van der Waals surface area (Å²) in [5.41, 5.74) is -2.29. The highest BCUT2D eigenvalue weighted by Crippen LogP contribution is 2.34. The third kappa shape index (κ3) is 5.68. The second kappa shape index (κ2) is 10.0. The van der Waals surface area contributed by atoms with Gasteiger partial charge in [0.15, 0.2) is 5.69 Å². The van der Waals surface area contributed by atoms with Crippen molar-refractivity contribution in [1.29, 1.82) is 0 Å². The molecule has 29 heavy (non-hydrogen) atoms. The Morgan fingerprint density at radius 3 is 2.55 bits per heavy atom. The van der Waals surface area contributed by atoms with E-state index in [9.17, 15) is 22.4 Å². The van der Waals surface area contributed by atoms with Crippen LogP contribution in [0.5, 0.6) is 0 Å². The van der Waals surface area contributed by atoms with Gasteiger partial charge in [0.25, 0.3) is 5.91 Å². The van der Waals surface area contributed by atoms with Crippen LogP contribution in [0.3, 0.4) is 0 Å². The number of halogens is 5. The summed E-state index contributed by atoms with van der Waals surface area (Å²) in [4.78, 5) is 14.5. The van der Waals surface area contributed by atoms with Crippen molar-refractivity contribution in [3.8, 4) is 5.69 Å². The Morgan fingerprint density at radius 2 is 1.90 bits per heavy atom. The summed E-state index contributed by atoms with van der Waals surface area (Å²) in [6.07, 6.45) is -3.43. The van der Waals surface area contributed by atoms with Crippen molar-refractivity contribution < 1.29 is 22.4 Å². The molecule has 0 aliphatic carbocycles. The minimum atomic E-state index is -4.87. The molecule has 1 aromatic heterocycles. The van der Waals surface area contributed by atoms with Gasteiger partial charge in [0, 0.05) is 32.7 Å². The van der Waals surface area contributed by atoms with Crippen LogP contribution in [0.15, 0.2) is 30.5 Å². The first-order chi connectivity index (χ1) is 13.4. The van der Waals surface area contributed by atoms with E-state index in [2.05, 4.69) is 20.6 Å². The third-order valence-electron chi connectivity index (χ3n) is 4.51. The number of aromatic nitrogens is 2. The molecule has 1 aliphatic rings. The van der Waals surface area contributed by atoms with Gasteiger partial charge in [-0.05, 0) is 25.1 Å². The van der Waals surface area contributed by atoms with E-state index in [0.717, 1.165) is 45.0 Å². The van der Waals surface area contributed by atoms with Crippen LogP contribution in [-0.4, -0.2) is 59.9 Å². The van der Waals surface area contributed by atoms with Gasteiger partial charge in [-0.2, -0.15) is 18.3 Å². The zero-order valence-electron chi connectivity index (χ0n) is 15.5. The van der Waals surface area contributed by atoms with Gasteiger partial charge >= 0.3 is 6.18 Å². The van der Waals surface area contributed by atoms with Crippen molar-refractivity contribution in [2.24, 2.45) is 0 Å². The molecule has 0 spiro atoms. The summed E-state index contributed by atoms with van der Waals surface area (Å²) in [6.45, 7) is 4.60. The Hall–Kier alpha value is -2.17. The second-order valence-corrected chi connectivity index (χ2v) is 6.47. The quantitative estimate of drug-likeness (QED) is 0.540. The fourth-order valence-electron chi connectivity index (χ4n) is 3.13. The maximum atomic E-state index is 13.9. The third-order valence-corrected chi connectivity index (χ3v) is 4.51. The number of rotatable bonds is 6.